The van der Waals surface area contributed by atoms with Gasteiger partial charge in [0.05, 0.1) is 23.1 Å². The van der Waals surface area contributed by atoms with Crippen LogP contribution in [0.1, 0.15) is 52.8 Å². The Morgan fingerprint density at radius 1 is 1.27 bits per heavy atom. The van der Waals surface area contributed by atoms with Gasteiger partial charge in [-0.1, -0.05) is 6.07 Å². The van der Waals surface area contributed by atoms with Gasteiger partial charge < -0.3 is 20.9 Å². The van der Waals surface area contributed by atoms with Gasteiger partial charge in [0.25, 0.3) is 5.91 Å². The standard InChI is InChI=1S/C24H30N6O2S/c1-26-23(32)22-21(25)17-9-10-18(28-24(17)33-22)19-8-4-6-13-30(19)20(31)11-14-29(2)15-16-7-3-5-12-27-16/h3,5,7,9-10,12,19H,4,6,8,11,13-15,25H2,1-2H3,(H,26,32). The van der Waals surface area contributed by atoms with E-state index in [9.17, 15) is 9.59 Å². The van der Waals surface area contributed by atoms with Crippen LogP contribution in [-0.2, 0) is 11.3 Å². The molecule has 3 N–H and O–H groups in total. The lowest BCUT2D eigenvalue weighted by Crippen LogP contribution is -2.40. The lowest BCUT2D eigenvalue weighted by Gasteiger charge is -2.36. The Hall–Kier alpha value is -3.04. The summed E-state index contributed by atoms with van der Waals surface area (Å²) in [5.74, 6) is -0.0624. The van der Waals surface area contributed by atoms with Crippen molar-refractivity contribution in [1.82, 2.24) is 25.1 Å². The molecule has 33 heavy (non-hydrogen) atoms. The van der Waals surface area contributed by atoms with Crippen LogP contribution in [0.2, 0.25) is 0 Å². The maximum absolute atomic E-state index is 13.2. The summed E-state index contributed by atoms with van der Waals surface area (Å²) in [6.45, 7) is 2.12. The number of pyridine rings is 2. The number of anilines is 1. The molecule has 0 aromatic carbocycles. The average Bonchev–Trinajstić information content (AvgIpc) is 3.18. The number of likely N-dealkylation sites (tertiary alicyclic amines) is 1. The second kappa shape index (κ2) is 10.3. The normalized spacial score (nSPS) is 16.3. The number of rotatable bonds is 7. The minimum atomic E-state index is -0.207. The van der Waals surface area contributed by atoms with Crippen LogP contribution >= 0.6 is 11.3 Å². The smallest absolute Gasteiger partial charge is 0.263 e. The lowest BCUT2D eigenvalue weighted by atomic mass is 9.98. The Kier molecular flexibility index (Phi) is 7.20. The molecule has 1 unspecified atom stereocenters. The zero-order chi connectivity index (χ0) is 23.4. The number of nitrogens with two attached hydrogens (primary N) is 1. The Labute approximate surface area is 197 Å². The van der Waals surface area contributed by atoms with Crippen molar-refractivity contribution < 1.29 is 9.59 Å². The van der Waals surface area contributed by atoms with Gasteiger partial charge in [0.1, 0.15) is 9.71 Å². The molecule has 9 heteroatoms. The van der Waals surface area contributed by atoms with Crippen LogP contribution in [0.5, 0.6) is 0 Å². The van der Waals surface area contributed by atoms with Gasteiger partial charge in [0.2, 0.25) is 5.91 Å². The van der Waals surface area contributed by atoms with E-state index in [1.807, 2.05) is 42.3 Å². The number of carbonyl (C=O) groups is 2. The number of amides is 2. The van der Waals surface area contributed by atoms with E-state index in [4.69, 9.17) is 10.7 Å². The van der Waals surface area contributed by atoms with E-state index in [2.05, 4.69) is 15.2 Å². The summed E-state index contributed by atoms with van der Waals surface area (Å²) in [7, 11) is 3.60. The Morgan fingerprint density at radius 2 is 2.12 bits per heavy atom. The first kappa shape index (κ1) is 23.1. The molecule has 174 valence electrons. The first-order valence-corrected chi connectivity index (χ1v) is 12.1. The van der Waals surface area contributed by atoms with E-state index >= 15 is 0 Å². The lowest BCUT2D eigenvalue weighted by molar-refractivity contribution is -0.135. The molecule has 1 atom stereocenters. The molecular weight excluding hydrogens is 436 g/mol. The van der Waals surface area contributed by atoms with Crippen molar-refractivity contribution in [3.63, 3.8) is 0 Å². The number of thiophene rings is 1. The van der Waals surface area contributed by atoms with E-state index in [1.165, 1.54) is 11.3 Å². The van der Waals surface area contributed by atoms with E-state index in [1.54, 1.807) is 13.2 Å². The fourth-order valence-electron chi connectivity index (χ4n) is 4.29. The van der Waals surface area contributed by atoms with Crippen molar-refractivity contribution in [2.75, 3.05) is 32.9 Å². The van der Waals surface area contributed by atoms with Gasteiger partial charge >= 0.3 is 0 Å². The summed E-state index contributed by atoms with van der Waals surface area (Å²) in [4.78, 5) is 39.8. The molecule has 1 aliphatic rings. The second-order valence-corrected chi connectivity index (χ2v) is 9.42. The third-order valence-corrected chi connectivity index (χ3v) is 7.19. The molecule has 2 amide bonds. The highest BCUT2D eigenvalue weighted by molar-refractivity contribution is 7.21. The first-order chi connectivity index (χ1) is 16.0. The minimum Gasteiger partial charge on any atom is -0.397 e. The van der Waals surface area contributed by atoms with Crippen molar-refractivity contribution in [2.24, 2.45) is 0 Å². The molecule has 4 heterocycles. The third kappa shape index (κ3) is 5.15. The van der Waals surface area contributed by atoms with Crippen LogP contribution in [0.3, 0.4) is 0 Å². The van der Waals surface area contributed by atoms with E-state index < -0.39 is 0 Å². The first-order valence-electron chi connectivity index (χ1n) is 11.3. The second-order valence-electron chi connectivity index (χ2n) is 8.42. The SMILES string of the molecule is CNC(=O)c1sc2nc(C3CCCCN3C(=O)CCN(C)Cc3ccccn3)ccc2c1N. The zero-order valence-corrected chi connectivity index (χ0v) is 19.9. The van der Waals surface area contributed by atoms with Crippen LogP contribution < -0.4 is 11.1 Å². The van der Waals surface area contributed by atoms with Crippen LogP contribution in [0, 0.1) is 0 Å². The number of hydrogen-bond donors (Lipinski definition) is 2. The highest BCUT2D eigenvalue weighted by atomic mass is 32.1. The molecular formula is C24H30N6O2S. The van der Waals surface area contributed by atoms with Gasteiger partial charge in [-0.2, -0.15) is 0 Å². The number of fused-ring (bicyclic) bond motifs is 1. The number of nitrogens with one attached hydrogen (secondary N) is 1. The van der Waals surface area contributed by atoms with Crippen LogP contribution in [-0.4, -0.2) is 58.8 Å². The van der Waals surface area contributed by atoms with Crippen LogP contribution in [0.15, 0.2) is 36.5 Å². The highest BCUT2D eigenvalue weighted by Gasteiger charge is 2.29. The molecule has 0 radical (unpaired) electrons. The summed E-state index contributed by atoms with van der Waals surface area (Å²) in [6.07, 6.45) is 5.19. The molecule has 0 bridgehead atoms. The predicted octanol–water partition coefficient (Wildman–Crippen LogP) is 3.21. The van der Waals surface area contributed by atoms with Crippen molar-refractivity contribution in [3.05, 3.63) is 52.8 Å². The Bertz CT molecular complexity index is 1130. The van der Waals surface area contributed by atoms with Gasteiger partial charge in [0, 0.05) is 44.7 Å². The molecule has 1 aliphatic heterocycles. The molecule has 3 aromatic heterocycles. The summed E-state index contributed by atoms with van der Waals surface area (Å²) < 4.78 is 0. The van der Waals surface area contributed by atoms with Crippen molar-refractivity contribution in [3.8, 4) is 0 Å². The van der Waals surface area contributed by atoms with Gasteiger partial charge in [-0.25, -0.2) is 4.98 Å². The van der Waals surface area contributed by atoms with Gasteiger partial charge in [0.15, 0.2) is 0 Å². The predicted molar refractivity (Wildman–Crippen MR) is 131 cm³/mol. The molecule has 0 saturated carbocycles. The summed E-state index contributed by atoms with van der Waals surface area (Å²) in [5, 5.41) is 3.41. The maximum Gasteiger partial charge on any atom is 0.263 e. The van der Waals surface area contributed by atoms with Gasteiger partial charge in [-0.3, -0.25) is 14.6 Å². The zero-order valence-electron chi connectivity index (χ0n) is 19.1. The van der Waals surface area contributed by atoms with Gasteiger partial charge in [-0.15, -0.1) is 11.3 Å². The molecule has 0 aliphatic carbocycles. The monoisotopic (exact) mass is 466 g/mol. The van der Waals surface area contributed by atoms with Crippen LogP contribution in [0.25, 0.3) is 10.2 Å². The van der Waals surface area contributed by atoms with Crippen molar-refractivity contribution in [2.45, 2.75) is 38.3 Å². The van der Waals surface area contributed by atoms with E-state index in [0.717, 1.165) is 47.4 Å². The fraction of sp³-hybridized carbons (Fsp3) is 0.417. The molecule has 1 fully saturated rings. The van der Waals surface area contributed by atoms with E-state index in [0.29, 0.717) is 30.1 Å². The Morgan fingerprint density at radius 3 is 2.88 bits per heavy atom. The number of carbonyl (C=O) groups excluding carboxylic acids is 2. The molecule has 4 rings (SSSR count). The minimum absolute atomic E-state index is 0.0523. The number of hydrogen-bond acceptors (Lipinski definition) is 7. The summed E-state index contributed by atoms with van der Waals surface area (Å²) in [5.41, 5.74) is 8.49. The molecule has 1 saturated heterocycles. The Balaban J connectivity index is 1.46. The van der Waals surface area contributed by atoms with E-state index in [-0.39, 0.29) is 17.9 Å². The fourth-order valence-corrected chi connectivity index (χ4v) is 5.34. The summed E-state index contributed by atoms with van der Waals surface area (Å²) in [6, 6.07) is 9.69. The van der Waals surface area contributed by atoms with Crippen molar-refractivity contribution >= 4 is 39.1 Å². The number of aromatic nitrogens is 2. The quantitative estimate of drug-likeness (QED) is 0.554. The van der Waals surface area contributed by atoms with Crippen molar-refractivity contribution in [1.29, 1.82) is 0 Å². The largest absolute Gasteiger partial charge is 0.397 e. The summed E-state index contributed by atoms with van der Waals surface area (Å²) >= 11 is 1.30. The molecule has 8 nitrogen and oxygen atoms in total. The molecule has 3 aromatic rings. The molecule has 0 spiro atoms. The average molecular weight is 467 g/mol. The number of nitrogen functional groups attached to an aromatic ring is 1. The topological polar surface area (TPSA) is 104 Å². The van der Waals surface area contributed by atoms with Crippen LogP contribution in [0.4, 0.5) is 5.69 Å². The number of nitrogens with zero attached hydrogens (tertiary/aromatic N) is 4. The third-order valence-electron chi connectivity index (χ3n) is 6.08. The highest BCUT2D eigenvalue weighted by Crippen LogP contribution is 2.36. The number of piperidine rings is 1. The maximum atomic E-state index is 13.2. The van der Waals surface area contributed by atoms with Gasteiger partial charge in [-0.05, 0) is 50.6 Å².